The SMILES string of the molecule is CSc1noc(C2CC2)c1C(=O)c1ccc(C(F)(F)F)cc1-n1cncn1. The molecule has 0 radical (unpaired) electrons. The molecule has 1 aliphatic carbocycles. The Morgan fingerprint density at radius 1 is 1.33 bits per heavy atom. The molecule has 1 saturated carbocycles. The van der Waals surface area contributed by atoms with Crippen molar-refractivity contribution < 1.29 is 22.5 Å². The molecule has 0 spiro atoms. The number of alkyl halides is 3. The minimum absolute atomic E-state index is 0.00215. The maximum absolute atomic E-state index is 13.3. The topological polar surface area (TPSA) is 73.8 Å². The Morgan fingerprint density at radius 2 is 2.11 bits per heavy atom. The molecule has 3 aromatic rings. The molecule has 0 amide bonds. The summed E-state index contributed by atoms with van der Waals surface area (Å²) in [6.45, 7) is 0. The van der Waals surface area contributed by atoms with Crippen LogP contribution in [0.2, 0.25) is 0 Å². The molecule has 1 aliphatic rings. The number of carbonyl (C=O) groups excluding carboxylic acids is 1. The van der Waals surface area contributed by atoms with E-state index in [9.17, 15) is 18.0 Å². The van der Waals surface area contributed by atoms with E-state index in [1.54, 1.807) is 6.26 Å². The van der Waals surface area contributed by atoms with Gasteiger partial charge in [-0.25, -0.2) is 9.67 Å². The highest BCUT2D eigenvalue weighted by atomic mass is 32.2. The van der Waals surface area contributed by atoms with E-state index in [2.05, 4.69) is 15.2 Å². The van der Waals surface area contributed by atoms with E-state index in [-0.39, 0.29) is 17.2 Å². The molecule has 0 unspecified atom stereocenters. The number of benzene rings is 1. The van der Waals surface area contributed by atoms with Crippen molar-refractivity contribution in [1.29, 1.82) is 0 Å². The van der Waals surface area contributed by atoms with Gasteiger partial charge in [-0.2, -0.15) is 18.3 Å². The zero-order valence-corrected chi connectivity index (χ0v) is 14.8. The predicted molar refractivity (Wildman–Crippen MR) is 90.1 cm³/mol. The van der Waals surface area contributed by atoms with Crippen LogP contribution in [-0.2, 0) is 6.18 Å². The van der Waals surface area contributed by atoms with E-state index >= 15 is 0 Å². The van der Waals surface area contributed by atoms with Crippen LogP contribution in [0.4, 0.5) is 13.2 Å². The average Bonchev–Trinajstić information content (AvgIpc) is 3.18. The molecule has 0 N–H and O–H groups in total. The summed E-state index contributed by atoms with van der Waals surface area (Å²) in [4.78, 5) is 17.0. The maximum Gasteiger partial charge on any atom is 0.416 e. The van der Waals surface area contributed by atoms with Gasteiger partial charge in [0.05, 0.1) is 16.8 Å². The number of halogens is 3. The zero-order chi connectivity index (χ0) is 19.2. The Labute approximate surface area is 155 Å². The third kappa shape index (κ3) is 3.25. The fraction of sp³-hybridized carbons (Fsp3) is 0.294. The lowest BCUT2D eigenvalue weighted by Crippen LogP contribution is -2.13. The van der Waals surface area contributed by atoms with Gasteiger partial charge in [-0.05, 0) is 37.3 Å². The van der Waals surface area contributed by atoms with Crippen LogP contribution < -0.4 is 0 Å². The van der Waals surface area contributed by atoms with E-state index in [4.69, 9.17) is 4.52 Å². The van der Waals surface area contributed by atoms with Crippen LogP contribution in [-0.4, -0.2) is 32.0 Å². The lowest BCUT2D eigenvalue weighted by molar-refractivity contribution is -0.137. The molecule has 140 valence electrons. The van der Waals surface area contributed by atoms with Gasteiger partial charge in [0, 0.05) is 11.5 Å². The molecule has 1 fully saturated rings. The van der Waals surface area contributed by atoms with Gasteiger partial charge < -0.3 is 4.52 Å². The molecule has 0 saturated heterocycles. The van der Waals surface area contributed by atoms with Crippen LogP contribution in [0.25, 0.3) is 5.69 Å². The second-order valence-corrected chi connectivity index (χ2v) is 6.90. The van der Waals surface area contributed by atoms with Crippen molar-refractivity contribution in [2.24, 2.45) is 0 Å². The highest BCUT2D eigenvalue weighted by Crippen LogP contribution is 2.44. The Hall–Kier alpha value is -2.62. The zero-order valence-electron chi connectivity index (χ0n) is 14.0. The van der Waals surface area contributed by atoms with Gasteiger partial charge in [-0.1, -0.05) is 5.16 Å². The van der Waals surface area contributed by atoms with Crippen molar-refractivity contribution in [3.63, 3.8) is 0 Å². The molecule has 27 heavy (non-hydrogen) atoms. The van der Waals surface area contributed by atoms with Crippen molar-refractivity contribution in [3.8, 4) is 5.69 Å². The molecule has 0 atom stereocenters. The minimum Gasteiger partial charge on any atom is -0.359 e. The van der Waals surface area contributed by atoms with Gasteiger partial charge in [0.15, 0.2) is 10.8 Å². The fourth-order valence-corrected chi connectivity index (χ4v) is 3.33. The van der Waals surface area contributed by atoms with Gasteiger partial charge in [0.25, 0.3) is 0 Å². The summed E-state index contributed by atoms with van der Waals surface area (Å²) in [5.74, 6) is 0.178. The maximum atomic E-state index is 13.3. The van der Waals surface area contributed by atoms with E-state index < -0.39 is 17.5 Å². The van der Waals surface area contributed by atoms with Crippen LogP contribution in [0, 0.1) is 0 Å². The van der Waals surface area contributed by atoms with Crippen LogP contribution in [0.5, 0.6) is 0 Å². The number of rotatable bonds is 5. The molecule has 1 aromatic carbocycles. The van der Waals surface area contributed by atoms with Crippen molar-refractivity contribution >= 4 is 17.5 Å². The molecule has 2 aromatic heterocycles. The largest absolute Gasteiger partial charge is 0.416 e. The van der Waals surface area contributed by atoms with Crippen LogP contribution >= 0.6 is 11.8 Å². The summed E-state index contributed by atoms with van der Waals surface area (Å²) >= 11 is 1.25. The molecular formula is C17H13F3N4O2S. The fourth-order valence-electron chi connectivity index (χ4n) is 2.82. The van der Waals surface area contributed by atoms with Crippen molar-refractivity contribution in [2.45, 2.75) is 30.0 Å². The standard InChI is InChI=1S/C17H13F3N4O2S/c1-27-16-13(15(26-23-16)9-2-3-9)14(25)11-5-4-10(17(18,19)20)6-12(11)24-8-21-7-22-24/h4-9H,2-3H2,1H3. The summed E-state index contributed by atoms with van der Waals surface area (Å²) in [6, 6.07) is 2.94. The number of thioether (sulfide) groups is 1. The number of hydrogen-bond acceptors (Lipinski definition) is 6. The van der Waals surface area contributed by atoms with Crippen LogP contribution in [0.15, 0.2) is 40.4 Å². The van der Waals surface area contributed by atoms with Gasteiger partial charge in [0.2, 0.25) is 5.78 Å². The summed E-state index contributed by atoms with van der Waals surface area (Å²) in [5, 5.41) is 8.25. The number of nitrogens with zero attached hydrogens (tertiary/aromatic N) is 4. The highest BCUT2D eigenvalue weighted by molar-refractivity contribution is 7.98. The van der Waals surface area contributed by atoms with Gasteiger partial charge in [0.1, 0.15) is 12.7 Å². The third-order valence-corrected chi connectivity index (χ3v) is 4.96. The van der Waals surface area contributed by atoms with Crippen molar-refractivity contribution in [1.82, 2.24) is 19.9 Å². The Balaban J connectivity index is 1.87. The van der Waals surface area contributed by atoms with Crippen molar-refractivity contribution in [2.75, 3.05) is 6.26 Å². The third-order valence-electron chi connectivity index (χ3n) is 4.29. The van der Waals surface area contributed by atoms with E-state index in [0.29, 0.717) is 16.3 Å². The van der Waals surface area contributed by atoms with E-state index in [1.807, 2.05) is 0 Å². The summed E-state index contributed by atoms with van der Waals surface area (Å²) < 4.78 is 46.0. The first-order chi connectivity index (χ1) is 12.9. The predicted octanol–water partition coefficient (Wildman–Crippen LogP) is 4.10. The van der Waals surface area contributed by atoms with Crippen LogP contribution in [0.3, 0.4) is 0 Å². The van der Waals surface area contributed by atoms with Gasteiger partial charge >= 0.3 is 6.18 Å². The number of aromatic nitrogens is 4. The molecular weight excluding hydrogens is 381 g/mol. The number of carbonyl (C=O) groups is 1. The van der Waals surface area contributed by atoms with Gasteiger partial charge in [-0.3, -0.25) is 4.79 Å². The lowest BCUT2D eigenvalue weighted by Gasteiger charge is -2.13. The molecule has 0 bridgehead atoms. The van der Waals surface area contributed by atoms with Crippen molar-refractivity contribution in [3.05, 3.63) is 53.3 Å². The molecule has 6 nitrogen and oxygen atoms in total. The second kappa shape index (κ2) is 6.52. The normalized spacial score (nSPS) is 14.5. The number of ketones is 1. The monoisotopic (exact) mass is 394 g/mol. The van der Waals surface area contributed by atoms with Gasteiger partial charge in [-0.15, -0.1) is 11.8 Å². The summed E-state index contributed by atoms with van der Waals surface area (Å²) in [7, 11) is 0. The van der Waals surface area contributed by atoms with E-state index in [0.717, 1.165) is 35.7 Å². The molecule has 4 rings (SSSR count). The van der Waals surface area contributed by atoms with E-state index in [1.165, 1.54) is 24.4 Å². The first kappa shape index (κ1) is 17.8. The quantitative estimate of drug-likeness (QED) is 0.479. The van der Waals surface area contributed by atoms with Crippen LogP contribution in [0.1, 0.15) is 46.0 Å². The summed E-state index contributed by atoms with van der Waals surface area (Å²) in [6.07, 6.45) is 1.45. The number of hydrogen-bond donors (Lipinski definition) is 0. The Kier molecular flexibility index (Phi) is 4.29. The molecule has 10 heteroatoms. The first-order valence-corrected chi connectivity index (χ1v) is 9.27. The molecule has 2 heterocycles. The average molecular weight is 394 g/mol. The summed E-state index contributed by atoms with van der Waals surface area (Å²) in [5.41, 5.74) is -0.482. The Bertz CT molecular complexity index is 994. The molecule has 0 aliphatic heterocycles. The first-order valence-electron chi connectivity index (χ1n) is 8.04. The minimum atomic E-state index is -4.54. The lowest BCUT2D eigenvalue weighted by atomic mass is 9.99. The highest BCUT2D eigenvalue weighted by Gasteiger charge is 2.37. The smallest absolute Gasteiger partial charge is 0.359 e. The second-order valence-electron chi connectivity index (χ2n) is 6.10. The Morgan fingerprint density at radius 3 is 2.70 bits per heavy atom.